The smallest absolute Gasteiger partial charge is 0.223 e. The van der Waals surface area contributed by atoms with Crippen LogP contribution < -0.4 is 0 Å². The van der Waals surface area contributed by atoms with E-state index in [1.54, 1.807) is 0 Å². The number of rotatable bonds is 5. The number of amides is 1. The van der Waals surface area contributed by atoms with E-state index in [2.05, 4.69) is 29.9 Å². The van der Waals surface area contributed by atoms with Crippen molar-refractivity contribution >= 4 is 5.91 Å². The first kappa shape index (κ1) is 18.9. The molecule has 142 valence electrons. The number of aromatic nitrogens is 2. The third-order valence-electron chi connectivity index (χ3n) is 6.51. The number of aryl methyl sites for hydroxylation is 2. The first-order valence-corrected chi connectivity index (χ1v) is 10.2. The molecule has 5 heteroatoms. The molecule has 2 fully saturated rings. The zero-order chi connectivity index (χ0) is 18.7. The molecule has 1 amide bonds. The summed E-state index contributed by atoms with van der Waals surface area (Å²) >= 11 is 0. The lowest BCUT2D eigenvalue weighted by atomic mass is 9.73. The monoisotopic (exact) mass is 356 g/mol. The summed E-state index contributed by atoms with van der Waals surface area (Å²) in [5, 5.41) is 13.3. The third kappa shape index (κ3) is 3.79. The number of nitriles is 1. The predicted molar refractivity (Wildman–Crippen MR) is 101 cm³/mol. The van der Waals surface area contributed by atoms with Gasteiger partial charge in [0, 0.05) is 24.7 Å². The molecule has 1 aromatic rings. The van der Waals surface area contributed by atoms with E-state index >= 15 is 0 Å². The average Bonchev–Trinajstić information content (AvgIpc) is 2.91. The topological polar surface area (TPSA) is 61.9 Å². The van der Waals surface area contributed by atoms with E-state index in [1.165, 1.54) is 31.2 Å². The van der Waals surface area contributed by atoms with Crippen molar-refractivity contribution in [2.75, 3.05) is 6.54 Å². The second-order valence-corrected chi connectivity index (χ2v) is 8.17. The summed E-state index contributed by atoms with van der Waals surface area (Å²) in [6, 6.07) is 2.64. The van der Waals surface area contributed by atoms with Crippen molar-refractivity contribution in [3.05, 3.63) is 17.0 Å². The molecule has 0 aromatic carbocycles. The molecule has 26 heavy (non-hydrogen) atoms. The molecule has 0 N–H and O–H groups in total. The van der Waals surface area contributed by atoms with Gasteiger partial charge >= 0.3 is 0 Å². The van der Waals surface area contributed by atoms with Gasteiger partial charge in [0.2, 0.25) is 5.91 Å². The van der Waals surface area contributed by atoms with Gasteiger partial charge in [-0.2, -0.15) is 10.4 Å². The highest BCUT2D eigenvalue weighted by Gasteiger charge is 2.39. The van der Waals surface area contributed by atoms with Crippen molar-refractivity contribution in [3.63, 3.8) is 0 Å². The molecule has 1 saturated carbocycles. The van der Waals surface area contributed by atoms with Gasteiger partial charge in [0.15, 0.2) is 0 Å². The lowest BCUT2D eigenvalue weighted by Gasteiger charge is -2.47. The molecule has 2 heterocycles. The quantitative estimate of drug-likeness (QED) is 0.807. The van der Waals surface area contributed by atoms with Crippen molar-refractivity contribution in [2.24, 2.45) is 11.8 Å². The summed E-state index contributed by atoms with van der Waals surface area (Å²) < 4.78 is 1.92. The first-order valence-electron chi connectivity index (χ1n) is 10.2. The molecule has 5 nitrogen and oxygen atoms in total. The summed E-state index contributed by atoms with van der Waals surface area (Å²) in [6.45, 7) is 7.96. The molecule has 0 bridgehead atoms. The number of hydrogen-bond donors (Lipinski definition) is 0. The highest BCUT2D eigenvalue weighted by molar-refractivity contribution is 5.77. The molecule has 0 radical (unpaired) electrons. The van der Waals surface area contributed by atoms with Crippen molar-refractivity contribution in [1.82, 2.24) is 14.7 Å². The van der Waals surface area contributed by atoms with Crippen LogP contribution in [0, 0.1) is 37.0 Å². The van der Waals surface area contributed by atoms with Gasteiger partial charge < -0.3 is 4.90 Å². The number of hydrogen-bond acceptors (Lipinski definition) is 3. The van der Waals surface area contributed by atoms with Gasteiger partial charge in [0.05, 0.1) is 24.7 Å². The summed E-state index contributed by atoms with van der Waals surface area (Å²) in [6.07, 6.45) is 8.12. The Morgan fingerprint density at radius 1 is 1.27 bits per heavy atom. The van der Waals surface area contributed by atoms with Crippen LogP contribution in [0.5, 0.6) is 0 Å². The molecule has 1 aliphatic heterocycles. The van der Waals surface area contributed by atoms with Crippen LogP contribution in [0.15, 0.2) is 0 Å². The zero-order valence-electron chi connectivity index (χ0n) is 16.5. The largest absolute Gasteiger partial charge is 0.339 e. The van der Waals surface area contributed by atoms with Crippen molar-refractivity contribution in [3.8, 4) is 6.07 Å². The van der Waals surface area contributed by atoms with E-state index in [9.17, 15) is 4.79 Å². The van der Waals surface area contributed by atoms with Crippen LogP contribution in [0.25, 0.3) is 0 Å². The Labute approximate surface area is 157 Å². The van der Waals surface area contributed by atoms with E-state index in [-0.39, 0.29) is 0 Å². The molecular formula is C21H32N4O. The molecule has 0 unspecified atom stereocenters. The number of likely N-dealkylation sites (tertiary alicyclic amines) is 1. The summed E-state index contributed by atoms with van der Waals surface area (Å²) in [4.78, 5) is 15.2. The average molecular weight is 357 g/mol. The highest BCUT2D eigenvalue weighted by Crippen LogP contribution is 2.39. The van der Waals surface area contributed by atoms with Crippen LogP contribution >= 0.6 is 0 Å². The molecule has 2 aliphatic rings. The van der Waals surface area contributed by atoms with Gasteiger partial charge in [-0.05, 0) is 63.4 Å². The maximum Gasteiger partial charge on any atom is 0.223 e. The number of carbonyl (C=O) groups excluding carboxylic acids is 1. The zero-order valence-corrected chi connectivity index (χ0v) is 16.5. The highest BCUT2D eigenvalue weighted by atomic mass is 16.2. The lowest BCUT2D eigenvalue weighted by molar-refractivity contribution is -0.139. The Morgan fingerprint density at radius 2 is 2.04 bits per heavy atom. The Hall–Kier alpha value is -1.83. The maximum atomic E-state index is 13.0. The van der Waals surface area contributed by atoms with Crippen LogP contribution in [0.4, 0.5) is 0 Å². The Morgan fingerprint density at radius 3 is 2.81 bits per heavy atom. The normalized spacial score (nSPS) is 25.6. The fraction of sp³-hybridized carbons (Fsp3) is 0.762. The summed E-state index contributed by atoms with van der Waals surface area (Å²) in [5.41, 5.74) is 3.28. The van der Waals surface area contributed by atoms with Crippen LogP contribution in [0.2, 0.25) is 0 Å². The van der Waals surface area contributed by atoms with E-state index in [1.807, 2.05) is 11.6 Å². The van der Waals surface area contributed by atoms with Crippen LogP contribution in [-0.4, -0.2) is 33.2 Å². The minimum atomic E-state index is 0.317. The van der Waals surface area contributed by atoms with E-state index in [0.717, 1.165) is 30.8 Å². The van der Waals surface area contributed by atoms with Crippen molar-refractivity contribution < 1.29 is 4.79 Å². The SMILES string of the molecule is Cc1nn(CCC#N)c(C)c1CCC(=O)N1CCC[C@@H]2CCC[C@@H](C)[C@@H]21. The van der Waals surface area contributed by atoms with Crippen molar-refractivity contribution in [1.29, 1.82) is 5.26 Å². The Balaban J connectivity index is 1.65. The fourth-order valence-corrected chi connectivity index (χ4v) is 5.19. The predicted octanol–water partition coefficient (Wildman–Crippen LogP) is 3.77. The summed E-state index contributed by atoms with van der Waals surface area (Å²) in [7, 11) is 0. The standard InChI is InChI=1S/C21H32N4O/c1-15-7-4-8-18-9-5-13-24(21(15)18)20(26)11-10-19-16(2)23-25(17(19)3)14-6-12-22/h15,18,21H,4-11,13-14H2,1-3H3/t15-,18+,21+/m1/s1. The Bertz CT molecular complexity index is 685. The van der Waals surface area contributed by atoms with Gasteiger partial charge in [-0.25, -0.2) is 0 Å². The second-order valence-electron chi connectivity index (χ2n) is 8.17. The molecule has 3 rings (SSSR count). The van der Waals surface area contributed by atoms with Gasteiger partial charge in [-0.3, -0.25) is 9.48 Å². The number of nitrogens with zero attached hydrogens (tertiary/aromatic N) is 4. The molecular weight excluding hydrogens is 324 g/mol. The molecule has 1 aliphatic carbocycles. The lowest BCUT2D eigenvalue weighted by Crippen LogP contribution is -2.53. The number of fused-ring (bicyclic) bond motifs is 1. The van der Waals surface area contributed by atoms with Crippen LogP contribution in [0.1, 0.15) is 68.8 Å². The first-order chi connectivity index (χ1) is 12.5. The van der Waals surface area contributed by atoms with Crippen molar-refractivity contribution in [2.45, 2.75) is 84.7 Å². The molecule has 1 aromatic heterocycles. The third-order valence-corrected chi connectivity index (χ3v) is 6.51. The fourth-order valence-electron chi connectivity index (χ4n) is 5.19. The Kier molecular flexibility index (Phi) is 6.01. The maximum absolute atomic E-state index is 13.0. The minimum Gasteiger partial charge on any atom is -0.339 e. The van der Waals surface area contributed by atoms with Gasteiger partial charge in [-0.15, -0.1) is 0 Å². The van der Waals surface area contributed by atoms with Gasteiger partial charge in [0.25, 0.3) is 0 Å². The summed E-state index contributed by atoms with van der Waals surface area (Å²) in [5.74, 6) is 1.67. The van der Waals surface area contributed by atoms with Crippen LogP contribution in [-0.2, 0) is 17.8 Å². The van der Waals surface area contributed by atoms with E-state index in [0.29, 0.717) is 43.2 Å². The minimum absolute atomic E-state index is 0.317. The van der Waals surface area contributed by atoms with Gasteiger partial charge in [-0.1, -0.05) is 13.3 Å². The number of carbonyl (C=O) groups is 1. The van der Waals surface area contributed by atoms with Crippen LogP contribution in [0.3, 0.4) is 0 Å². The second kappa shape index (κ2) is 8.24. The molecule has 0 spiro atoms. The number of piperidine rings is 1. The van der Waals surface area contributed by atoms with E-state index in [4.69, 9.17) is 5.26 Å². The molecule has 3 atom stereocenters. The van der Waals surface area contributed by atoms with Gasteiger partial charge in [0.1, 0.15) is 0 Å². The van der Waals surface area contributed by atoms with E-state index < -0.39 is 0 Å². The molecule has 1 saturated heterocycles.